The minimum absolute atomic E-state index is 0. The first-order valence-electron chi connectivity index (χ1n) is 5.99. The maximum Gasteiger partial charge on any atom is 0.0409 e. The quantitative estimate of drug-likeness (QED) is 0.890. The van der Waals surface area contributed by atoms with Crippen molar-refractivity contribution in [2.75, 3.05) is 26.2 Å². The highest BCUT2D eigenvalue weighted by Gasteiger charge is 2.35. The third-order valence-electron chi connectivity index (χ3n) is 3.76. The number of nitrogens with one attached hydrogen (secondary N) is 1. The van der Waals surface area contributed by atoms with Gasteiger partial charge in [0.2, 0.25) is 0 Å². The van der Waals surface area contributed by atoms with Gasteiger partial charge in [0.25, 0.3) is 0 Å². The monoisotopic (exact) mass is 272 g/mol. The van der Waals surface area contributed by atoms with Crippen LogP contribution in [-0.2, 0) is 6.54 Å². The van der Waals surface area contributed by atoms with Crippen molar-refractivity contribution >= 4 is 24.0 Å². The number of hydrogen-bond acceptors (Lipinski definition) is 2. The van der Waals surface area contributed by atoms with E-state index in [1.807, 2.05) is 12.1 Å². The SMILES string of the molecule is Cl.Clc1cccc(CN2C[C@H]3CNC[C@H]3C2)c1. The lowest BCUT2D eigenvalue weighted by Gasteiger charge is -2.16. The fourth-order valence-corrected chi connectivity index (χ4v) is 3.19. The molecule has 2 nitrogen and oxygen atoms in total. The molecule has 1 aromatic rings. The van der Waals surface area contributed by atoms with E-state index in [1.54, 1.807) is 0 Å². The van der Waals surface area contributed by atoms with E-state index in [9.17, 15) is 0 Å². The normalized spacial score (nSPS) is 27.8. The molecule has 0 aromatic heterocycles. The summed E-state index contributed by atoms with van der Waals surface area (Å²) >= 11 is 6.00. The maximum absolute atomic E-state index is 6.00. The number of hydrogen-bond donors (Lipinski definition) is 1. The summed E-state index contributed by atoms with van der Waals surface area (Å²) < 4.78 is 0. The average molecular weight is 273 g/mol. The van der Waals surface area contributed by atoms with E-state index in [0.29, 0.717) is 0 Å². The Morgan fingerprint density at radius 3 is 2.59 bits per heavy atom. The largest absolute Gasteiger partial charge is 0.316 e. The summed E-state index contributed by atoms with van der Waals surface area (Å²) in [6.45, 7) is 5.94. The van der Waals surface area contributed by atoms with Gasteiger partial charge in [-0.1, -0.05) is 23.7 Å². The molecule has 2 saturated heterocycles. The van der Waals surface area contributed by atoms with Crippen LogP contribution in [-0.4, -0.2) is 31.1 Å². The second-order valence-electron chi connectivity index (χ2n) is 5.00. The lowest BCUT2D eigenvalue weighted by atomic mass is 10.0. The van der Waals surface area contributed by atoms with Crippen molar-refractivity contribution in [2.45, 2.75) is 6.54 Å². The molecule has 2 atom stereocenters. The zero-order valence-corrected chi connectivity index (χ0v) is 11.3. The molecule has 0 radical (unpaired) electrons. The average Bonchev–Trinajstić information content (AvgIpc) is 2.77. The molecule has 94 valence electrons. The first-order valence-corrected chi connectivity index (χ1v) is 6.36. The highest BCUT2D eigenvalue weighted by Crippen LogP contribution is 2.27. The minimum Gasteiger partial charge on any atom is -0.316 e. The zero-order chi connectivity index (χ0) is 11.0. The van der Waals surface area contributed by atoms with E-state index < -0.39 is 0 Å². The van der Waals surface area contributed by atoms with E-state index >= 15 is 0 Å². The Morgan fingerprint density at radius 2 is 1.94 bits per heavy atom. The van der Waals surface area contributed by atoms with Gasteiger partial charge in [-0.05, 0) is 42.6 Å². The molecule has 4 heteroatoms. The molecule has 0 amide bonds. The van der Waals surface area contributed by atoms with Crippen molar-refractivity contribution in [3.8, 4) is 0 Å². The molecule has 3 rings (SSSR count). The summed E-state index contributed by atoms with van der Waals surface area (Å²) in [6.07, 6.45) is 0. The lowest BCUT2D eigenvalue weighted by Crippen LogP contribution is -2.25. The first kappa shape index (κ1) is 13.2. The Hall–Kier alpha value is -0.280. The minimum atomic E-state index is 0. The molecular formula is C13H18Cl2N2. The number of benzene rings is 1. The Morgan fingerprint density at radius 1 is 1.24 bits per heavy atom. The number of halogens is 2. The summed E-state index contributed by atoms with van der Waals surface area (Å²) in [4.78, 5) is 2.56. The van der Waals surface area contributed by atoms with Gasteiger partial charge in [-0.15, -0.1) is 12.4 Å². The molecule has 0 saturated carbocycles. The summed E-state index contributed by atoms with van der Waals surface area (Å²) in [5, 5.41) is 4.32. The van der Waals surface area contributed by atoms with Crippen molar-refractivity contribution in [3.05, 3.63) is 34.9 Å². The van der Waals surface area contributed by atoms with Crippen LogP contribution in [0.15, 0.2) is 24.3 Å². The first-order chi connectivity index (χ1) is 7.81. The Bertz CT molecular complexity index is 371. The molecule has 2 aliphatic heterocycles. The third kappa shape index (κ3) is 2.94. The molecule has 1 N–H and O–H groups in total. The predicted molar refractivity (Wildman–Crippen MR) is 73.8 cm³/mol. The fourth-order valence-electron chi connectivity index (χ4n) is 2.98. The predicted octanol–water partition coefficient (Wildman–Crippen LogP) is 2.41. The van der Waals surface area contributed by atoms with Crippen LogP contribution >= 0.6 is 24.0 Å². The summed E-state index contributed by atoms with van der Waals surface area (Å²) in [5.41, 5.74) is 1.33. The number of likely N-dealkylation sites (tertiary alicyclic amines) is 1. The number of rotatable bonds is 2. The van der Waals surface area contributed by atoms with Crippen LogP contribution in [0, 0.1) is 11.8 Å². The van der Waals surface area contributed by atoms with Gasteiger partial charge in [0.15, 0.2) is 0 Å². The van der Waals surface area contributed by atoms with Gasteiger partial charge in [0, 0.05) is 24.7 Å². The van der Waals surface area contributed by atoms with E-state index in [4.69, 9.17) is 11.6 Å². The standard InChI is InChI=1S/C13H17ClN2.ClH/c14-13-3-1-2-10(4-13)7-16-8-11-5-15-6-12(11)9-16;/h1-4,11-12,15H,5-9H2;1H/t11-,12+;. The van der Waals surface area contributed by atoms with E-state index in [1.165, 1.54) is 31.7 Å². The maximum atomic E-state index is 6.00. The van der Waals surface area contributed by atoms with Crippen LogP contribution in [0.25, 0.3) is 0 Å². The summed E-state index contributed by atoms with van der Waals surface area (Å²) in [5.74, 6) is 1.75. The van der Waals surface area contributed by atoms with Gasteiger partial charge in [-0.2, -0.15) is 0 Å². The van der Waals surface area contributed by atoms with Gasteiger partial charge in [0.1, 0.15) is 0 Å². The van der Waals surface area contributed by atoms with Crippen LogP contribution in [0.3, 0.4) is 0 Å². The molecule has 0 spiro atoms. The topological polar surface area (TPSA) is 15.3 Å². The van der Waals surface area contributed by atoms with Crippen LogP contribution in [0.2, 0.25) is 5.02 Å². The summed E-state index contributed by atoms with van der Waals surface area (Å²) in [6, 6.07) is 8.22. The highest BCUT2D eigenvalue weighted by atomic mass is 35.5. The molecule has 2 heterocycles. The van der Waals surface area contributed by atoms with Gasteiger partial charge in [-0.25, -0.2) is 0 Å². The van der Waals surface area contributed by atoms with Crippen molar-refractivity contribution in [2.24, 2.45) is 11.8 Å². The molecule has 2 aliphatic rings. The van der Waals surface area contributed by atoms with Crippen molar-refractivity contribution in [1.82, 2.24) is 10.2 Å². The molecule has 0 unspecified atom stereocenters. The second-order valence-corrected chi connectivity index (χ2v) is 5.44. The van der Waals surface area contributed by atoms with E-state index in [2.05, 4.69) is 22.3 Å². The second kappa shape index (κ2) is 5.57. The third-order valence-corrected chi connectivity index (χ3v) is 4.00. The molecule has 1 aromatic carbocycles. The van der Waals surface area contributed by atoms with Gasteiger partial charge in [-0.3, -0.25) is 4.90 Å². The Labute approximate surface area is 114 Å². The smallest absolute Gasteiger partial charge is 0.0409 e. The Kier molecular flexibility index (Phi) is 4.31. The van der Waals surface area contributed by atoms with Crippen LogP contribution in [0.4, 0.5) is 0 Å². The van der Waals surface area contributed by atoms with Crippen molar-refractivity contribution in [1.29, 1.82) is 0 Å². The zero-order valence-electron chi connectivity index (χ0n) is 9.73. The van der Waals surface area contributed by atoms with Crippen molar-refractivity contribution < 1.29 is 0 Å². The molecule has 0 bridgehead atoms. The van der Waals surface area contributed by atoms with Gasteiger partial charge >= 0.3 is 0 Å². The van der Waals surface area contributed by atoms with Gasteiger partial charge < -0.3 is 5.32 Å². The molecular weight excluding hydrogens is 255 g/mol. The highest BCUT2D eigenvalue weighted by molar-refractivity contribution is 6.30. The van der Waals surface area contributed by atoms with E-state index in [-0.39, 0.29) is 12.4 Å². The molecule has 0 aliphatic carbocycles. The summed E-state index contributed by atoms with van der Waals surface area (Å²) in [7, 11) is 0. The Balaban J connectivity index is 0.00000108. The number of fused-ring (bicyclic) bond motifs is 1. The van der Waals surface area contributed by atoms with E-state index in [0.717, 1.165) is 23.4 Å². The van der Waals surface area contributed by atoms with Gasteiger partial charge in [0.05, 0.1) is 0 Å². The van der Waals surface area contributed by atoms with Crippen LogP contribution in [0.1, 0.15) is 5.56 Å². The number of nitrogens with zero attached hydrogens (tertiary/aromatic N) is 1. The van der Waals surface area contributed by atoms with Crippen molar-refractivity contribution in [3.63, 3.8) is 0 Å². The fraction of sp³-hybridized carbons (Fsp3) is 0.538. The lowest BCUT2D eigenvalue weighted by molar-refractivity contribution is 0.305. The van der Waals surface area contributed by atoms with Crippen LogP contribution in [0.5, 0.6) is 0 Å². The molecule has 17 heavy (non-hydrogen) atoms. The van der Waals surface area contributed by atoms with Crippen LogP contribution < -0.4 is 5.32 Å². The molecule has 2 fully saturated rings.